The van der Waals surface area contributed by atoms with E-state index < -0.39 is 0 Å². The standard InChI is InChI=1S/C16H18N2O3/c1-20-15-8-3-2-7-14(15)16(19)18-12-5-4-6-13(11-12)21-10-9-17/h2-8,11H,9-10,17H2,1H3,(H,18,19). The summed E-state index contributed by atoms with van der Waals surface area (Å²) in [5, 5.41) is 2.82. The van der Waals surface area contributed by atoms with Crippen LogP contribution in [0.25, 0.3) is 0 Å². The van der Waals surface area contributed by atoms with Gasteiger partial charge >= 0.3 is 0 Å². The number of hydrogen-bond acceptors (Lipinski definition) is 4. The molecule has 0 saturated carbocycles. The van der Waals surface area contributed by atoms with E-state index in [0.717, 1.165) is 0 Å². The van der Waals surface area contributed by atoms with Crippen molar-refractivity contribution in [3.8, 4) is 11.5 Å². The van der Waals surface area contributed by atoms with E-state index >= 15 is 0 Å². The first kappa shape index (κ1) is 14.9. The monoisotopic (exact) mass is 286 g/mol. The van der Waals surface area contributed by atoms with Crippen LogP contribution in [0.1, 0.15) is 10.4 Å². The van der Waals surface area contributed by atoms with Crippen molar-refractivity contribution in [1.29, 1.82) is 0 Å². The summed E-state index contributed by atoms with van der Waals surface area (Å²) in [4.78, 5) is 12.3. The van der Waals surface area contributed by atoms with Gasteiger partial charge in [0.25, 0.3) is 5.91 Å². The van der Waals surface area contributed by atoms with Gasteiger partial charge in [0.05, 0.1) is 12.7 Å². The lowest BCUT2D eigenvalue weighted by atomic mass is 10.2. The molecule has 0 unspecified atom stereocenters. The first-order valence-electron chi connectivity index (χ1n) is 6.62. The number of carbonyl (C=O) groups is 1. The van der Waals surface area contributed by atoms with Crippen molar-refractivity contribution in [3.05, 3.63) is 54.1 Å². The fourth-order valence-corrected chi connectivity index (χ4v) is 1.87. The molecule has 0 bridgehead atoms. The van der Waals surface area contributed by atoms with E-state index in [1.54, 1.807) is 30.3 Å². The van der Waals surface area contributed by atoms with Crippen LogP contribution in [0.3, 0.4) is 0 Å². The lowest BCUT2D eigenvalue weighted by Crippen LogP contribution is -2.13. The Morgan fingerprint density at radius 2 is 2.00 bits per heavy atom. The predicted molar refractivity (Wildman–Crippen MR) is 81.9 cm³/mol. The fourth-order valence-electron chi connectivity index (χ4n) is 1.87. The van der Waals surface area contributed by atoms with Crippen LogP contribution >= 0.6 is 0 Å². The summed E-state index contributed by atoms with van der Waals surface area (Å²) in [5.74, 6) is 0.965. The largest absolute Gasteiger partial charge is 0.496 e. The second-order valence-corrected chi connectivity index (χ2v) is 4.32. The van der Waals surface area contributed by atoms with Gasteiger partial charge in [0.2, 0.25) is 0 Å². The number of methoxy groups -OCH3 is 1. The third-order valence-corrected chi connectivity index (χ3v) is 2.83. The minimum Gasteiger partial charge on any atom is -0.496 e. The Morgan fingerprint density at radius 1 is 1.19 bits per heavy atom. The van der Waals surface area contributed by atoms with Crippen LogP contribution in [0, 0.1) is 0 Å². The first-order chi connectivity index (χ1) is 10.2. The maximum Gasteiger partial charge on any atom is 0.259 e. The zero-order valence-corrected chi connectivity index (χ0v) is 11.8. The van der Waals surface area contributed by atoms with Gasteiger partial charge in [0, 0.05) is 18.3 Å². The second kappa shape index (κ2) is 7.31. The van der Waals surface area contributed by atoms with Gasteiger partial charge in [-0.1, -0.05) is 18.2 Å². The molecule has 0 aromatic heterocycles. The molecule has 0 aliphatic heterocycles. The summed E-state index contributed by atoms with van der Waals surface area (Å²) < 4.78 is 10.6. The summed E-state index contributed by atoms with van der Waals surface area (Å²) >= 11 is 0. The van der Waals surface area contributed by atoms with Crippen molar-refractivity contribution >= 4 is 11.6 Å². The van der Waals surface area contributed by atoms with Crippen molar-refractivity contribution in [2.75, 3.05) is 25.6 Å². The topological polar surface area (TPSA) is 73.6 Å². The molecule has 2 aromatic carbocycles. The molecule has 0 aliphatic carbocycles. The average Bonchev–Trinajstić information content (AvgIpc) is 2.53. The number of amides is 1. The van der Waals surface area contributed by atoms with Gasteiger partial charge in [0.1, 0.15) is 18.1 Å². The van der Waals surface area contributed by atoms with E-state index in [1.807, 2.05) is 18.2 Å². The molecule has 1 amide bonds. The molecule has 3 N–H and O–H groups in total. The molecule has 0 aliphatic rings. The van der Waals surface area contributed by atoms with Crippen LogP contribution in [0.4, 0.5) is 5.69 Å². The Labute approximate surface area is 123 Å². The third kappa shape index (κ3) is 3.97. The lowest BCUT2D eigenvalue weighted by molar-refractivity contribution is 0.102. The van der Waals surface area contributed by atoms with E-state index in [4.69, 9.17) is 15.2 Å². The molecule has 2 aromatic rings. The highest BCUT2D eigenvalue weighted by molar-refractivity contribution is 6.06. The summed E-state index contributed by atoms with van der Waals surface area (Å²) in [6, 6.07) is 14.2. The zero-order valence-electron chi connectivity index (χ0n) is 11.8. The number of nitrogens with one attached hydrogen (secondary N) is 1. The van der Waals surface area contributed by atoms with E-state index in [1.165, 1.54) is 7.11 Å². The predicted octanol–water partition coefficient (Wildman–Crippen LogP) is 2.29. The van der Waals surface area contributed by atoms with E-state index in [0.29, 0.717) is 35.9 Å². The summed E-state index contributed by atoms with van der Waals surface area (Å²) in [6.45, 7) is 0.877. The Kier molecular flexibility index (Phi) is 5.17. The molecule has 0 heterocycles. The fraction of sp³-hybridized carbons (Fsp3) is 0.188. The number of rotatable bonds is 6. The van der Waals surface area contributed by atoms with Crippen LogP contribution in [0.5, 0.6) is 11.5 Å². The molecule has 0 atom stereocenters. The molecule has 0 saturated heterocycles. The molecule has 0 radical (unpaired) electrons. The quantitative estimate of drug-likeness (QED) is 0.854. The van der Waals surface area contributed by atoms with Crippen molar-refractivity contribution < 1.29 is 14.3 Å². The number of carbonyl (C=O) groups excluding carboxylic acids is 1. The molecular formula is C16H18N2O3. The molecule has 5 nitrogen and oxygen atoms in total. The number of para-hydroxylation sites is 1. The van der Waals surface area contributed by atoms with Crippen LogP contribution < -0.4 is 20.5 Å². The van der Waals surface area contributed by atoms with Crippen molar-refractivity contribution in [2.24, 2.45) is 5.73 Å². The van der Waals surface area contributed by atoms with E-state index in [9.17, 15) is 4.79 Å². The highest BCUT2D eigenvalue weighted by atomic mass is 16.5. The Balaban J connectivity index is 2.12. The summed E-state index contributed by atoms with van der Waals surface area (Å²) in [6.07, 6.45) is 0. The van der Waals surface area contributed by atoms with Gasteiger partial charge in [-0.15, -0.1) is 0 Å². The number of ether oxygens (including phenoxy) is 2. The van der Waals surface area contributed by atoms with Crippen molar-refractivity contribution in [1.82, 2.24) is 0 Å². The van der Waals surface area contributed by atoms with Crippen molar-refractivity contribution in [2.45, 2.75) is 0 Å². The van der Waals surface area contributed by atoms with Crippen molar-refractivity contribution in [3.63, 3.8) is 0 Å². The van der Waals surface area contributed by atoms with Gasteiger partial charge < -0.3 is 20.5 Å². The number of benzene rings is 2. The molecule has 5 heteroatoms. The number of nitrogens with two attached hydrogens (primary N) is 1. The minimum atomic E-state index is -0.233. The van der Waals surface area contributed by atoms with Gasteiger partial charge in [-0.05, 0) is 24.3 Å². The lowest BCUT2D eigenvalue weighted by Gasteiger charge is -2.10. The molecule has 21 heavy (non-hydrogen) atoms. The van der Waals surface area contributed by atoms with Crippen LogP contribution in [0.15, 0.2) is 48.5 Å². The summed E-state index contributed by atoms with van der Waals surface area (Å²) in [7, 11) is 1.54. The van der Waals surface area contributed by atoms with Crippen LogP contribution in [-0.2, 0) is 0 Å². The molecule has 0 spiro atoms. The molecule has 110 valence electrons. The van der Waals surface area contributed by atoms with Crippen LogP contribution in [0.2, 0.25) is 0 Å². The Morgan fingerprint density at radius 3 is 2.76 bits per heavy atom. The van der Waals surface area contributed by atoms with Crippen LogP contribution in [-0.4, -0.2) is 26.2 Å². The molecular weight excluding hydrogens is 268 g/mol. The highest BCUT2D eigenvalue weighted by Gasteiger charge is 2.11. The van der Waals surface area contributed by atoms with Gasteiger partial charge in [-0.3, -0.25) is 4.79 Å². The maximum atomic E-state index is 12.3. The SMILES string of the molecule is COc1ccccc1C(=O)Nc1cccc(OCCN)c1. The summed E-state index contributed by atoms with van der Waals surface area (Å²) in [5.41, 5.74) is 6.53. The van der Waals surface area contributed by atoms with E-state index in [-0.39, 0.29) is 5.91 Å². The molecule has 2 rings (SSSR count). The maximum absolute atomic E-state index is 12.3. The number of anilines is 1. The highest BCUT2D eigenvalue weighted by Crippen LogP contribution is 2.21. The molecule has 0 fully saturated rings. The zero-order chi connectivity index (χ0) is 15.1. The van der Waals surface area contributed by atoms with Gasteiger partial charge in [0.15, 0.2) is 0 Å². The normalized spacial score (nSPS) is 10.0. The first-order valence-corrected chi connectivity index (χ1v) is 6.62. The van der Waals surface area contributed by atoms with Gasteiger partial charge in [-0.25, -0.2) is 0 Å². The van der Waals surface area contributed by atoms with Gasteiger partial charge in [-0.2, -0.15) is 0 Å². The minimum absolute atomic E-state index is 0.233. The average molecular weight is 286 g/mol. The second-order valence-electron chi connectivity index (χ2n) is 4.32. The van der Waals surface area contributed by atoms with E-state index in [2.05, 4.69) is 5.32 Å². The number of hydrogen-bond donors (Lipinski definition) is 2. The smallest absolute Gasteiger partial charge is 0.259 e. The Bertz CT molecular complexity index is 614. The third-order valence-electron chi connectivity index (χ3n) is 2.83. The Hall–Kier alpha value is -2.53.